The van der Waals surface area contributed by atoms with Crippen LogP contribution >= 0.6 is 11.8 Å². The summed E-state index contributed by atoms with van der Waals surface area (Å²) in [6.07, 6.45) is 6.41. The van der Waals surface area contributed by atoms with E-state index in [1.54, 1.807) is 35.4 Å². The van der Waals surface area contributed by atoms with Crippen molar-refractivity contribution in [3.8, 4) is 29.2 Å². The average molecular weight is 676 g/mol. The molecule has 0 amide bonds. The number of benzene rings is 1. The third-order valence-corrected chi connectivity index (χ3v) is 9.07. The minimum absolute atomic E-state index is 0.0300. The lowest BCUT2D eigenvalue weighted by atomic mass is 10.1. The highest BCUT2D eigenvalue weighted by molar-refractivity contribution is 7.98. The topological polar surface area (TPSA) is 150 Å². The Balaban J connectivity index is 1.24. The Morgan fingerprint density at radius 2 is 1.86 bits per heavy atom. The van der Waals surface area contributed by atoms with Crippen LogP contribution in [0.5, 0.6) is 0 Å². The molecule has 49 heavy (non-hydrogen) atoms. The predicted octanol–water partition coefficient (Wildman–Crippen LogP) is 5.03. The van der Waals surface area contributed by atoms with Crippen molar-refractivity contribution >= 4 is 35.0 Å². The van der Waals surface area contributed by atoms with Gasteiger partial charge in [-0.1, -0.05) is 47.3 Å². The molecule has 4 aromatic heterocycles. The molecule has 0 unspecified atom stereocenters. The van der Waals surface area contributed by atoms with Gasteiger partial charge in [-0.15, -0.1) is 0 Å². The fourth-order valence-electron chi connectivity index (χ4n) is 5.90. The summed E-state index contributed by atoms with van der Waals surface area (Å²) in [5.41, 5.74) is 4.56. The second-order valence-electron chi connectivity index (χ2n) is 12.3. The predicted molar refractivity (Wildman–Crippen MR) is 183 cm³/mol. The lowest BCUT2D eigenvalue weighted by Gasteiger charge is -2.25. The maximum Gasteiger partial charge on any atom is 0.236 e. The zero-order chi connectivity index (χ0) is 34.1. The second kappa shape index (κ2) is 13.4. The monoisotopic (exact) mass is 675 g/mol. The average Bonchev–Trinajstić information content (AvgIpc) is 3.83. The summed E-state index contributed by atoms with van der Waals surface area (Å²) in [6.45, 7) is 5.75. The number of fused-ring (bicyclic) bond motifs is 2. The van der Waals surface area contributed by atoms with E-state index in [0.717, 1.165) is 22.6 Å². The van der Waals surface area contributed by atoms with E-state index < -0.39 is 18.1 Å². The van der Waals surface area contributed by atoms with E-state index in [-0.39, 0.29) is 18.0 Å². The molecule has 5 aromatic rings. The molecular formula is C35H33N9O4S. The highest BCUT2D eigenvalue weighted by Crippen LogP contribution is 2.46. The van der Waals surface area contributed by atoms with Gasteiger partial charge in [0.15, 0.2) is 29.2 Å². The number of hydrogen-bond acceptors (Lipinski definition) is 12. The van der Waals surface area contributed by atoms with Crippen LogP contribution in [-0.4, -0.2) is 84.8 Å². The fourth-order valence-corrected chi connectivity index (χ4v) is 7.07. The Kier molecular flexibility index (Phi) is 8.88. The Morgan fingerprint density at radius 3 is 2.61 bits per heavy atom. The van der Waals surface area contributed by atoms with Gasteiger partial charge in [-0.3, -0.25) is 0 Å². The van der Waals surface area contributed by atoms with Crippen molar-refractivity contribution in [1.82, 2.24) is 34.6 Å². The normalized spacial score (nSPS) is 21.1. The molecule has 2 fully saturated rings. The summed E-state index contributed by atoms with van der Waals surface area (Å²) in [5, 5.41) is 14.7. The SMILES string of the molecule is Cc1noc(-c2ccccc2)c1CSC[C@H]1O[C@@H](n2cc(C#Cc3cncnc3)c3c(/N=C\N(C)C)nc(C#N)nc32)[C@@H]2OC(C)(C)O[C@@H]21. The summed E-state index contributed by atoms with van der Waals surface area (Å²) >= 11 is 1.71. The van der Waals surface area contributed by atoms with Gasteiger partial charge < -0.3 is 28.2 Å². The van der Waals surface area contributed by atoms with E-state index in [0.29, 0.717) is 39.5 Å². The lowest BCUT2D eigenvalue weighted by molar-refractivity contribution is -0.193. The minimum atomic E-state index is -0.835. The summed E-state index contributed by atoms with van der Waals surface area (Å²) in [6, 6.07) is 12.0. The van der Waals surface area contributed by atoms with Gasteiger partial charge in [-0.2, -0.15) is 22.0 Å². The number of hydrogen-bond donors (Lipinski definition) is 0. The molecule has 14 heteroatoms. The summed E-state index contributed by atoms with van der Waals surface area (Å²) in [7, 11) is 3.70. The first-order valence-corrected chi connectivity index (χ1v) is 16.8. The first-order valence-electron chi connectivity index (χ1n) is 15.6. The molecule has 0 aliphatic carbocycles. The van der Waals surface area contributed by atoms with E-state index in [2.05, 4.69) is 48.0 Å². The van der Waals surface area contributed by atoms with Crippen LogP contribution in [0.25, 0.3) is 22.4 Å². The van der Waals surface area contributed by atoms with Crippen molar-refractivity contribution in [2.24, 2.45) is 4.99 Å². The van der Waals surface area contributed by atoms with Crippen molar-refractivity contribution in [3.05, 3.63) is 83.5 Å². The summed E-state index contributed by atoms with van der Waals surface area (Å²) in [4.78, 5) is 23.6. The minimum Gasteiger partial charge on any atom is -0.369 e. The van der Waals surface area contributed by atoms with Crippen LogP contribution in [0.4, 0.5) is 5.82 Å². The van der Waals surface area contributed by atoms with Gasteiger partial charge >= 0.3 is 0 Å². The smallest absolute Gasteiger partial charge is 0.236 e. The number of nitrogens with zero attached hydrogens (tertiary/aromatic N) is 9. The van der Waals surface area contributed by atoms with Gasteiger partial charge in [0.2, 0.25) is 5.82 Å². The Labute approximate surface area is 287 Å². The first kappa shape index (κ1) is 32.4. The summed E-state index contributed by atoms with van der Waals surface area (Å²) in [5.74, 6) is 7.86. The van der Waals surface area contributed by atoms with Crippen molar-refractivity contribution < 1.29 is 18.7 Å². The molecular weight excluding hydrogens is 643 g/mol. The largest absolute Gasteiger partial charge is 0.369 e. The molecule has 7 rings (SSSR count). The third kappa shape index (κ3) is 6.64. The highest BCUT2D eigenvalue weighted by atomic mass is 32.2. The lowest BCUT2D eigenvalue weighted by Crippen LogP contribution is -2.31. The molecule has 2 aliphatic rings. The molecule has 2 saturated heterocycles. The van der Waals surface area contributed by atoms with Crippen LogP contribution in [-0.2, 0) is 20.0 Å². The van der Waals surface area contributed by atoms with Crippen molar-refractivity contribution in [2.45, 2.75) is 56.9 Å². The molecule has 1 aromatic carbocycles. The quantitative estimate of drug-likeness (QED) is 0.123. The Morgan fingerprint density at radius 1 is 1.08 bits per heavy atom. The van der Waals surface area contributed by atoms with Gasteiger partial charge in [0, 0.05) is 55.3 Å². The number of aliphatic imine (C=N–C) groups is 1. The summed E-state index contributed by atoms with van der Waals surface area (Å²) < 4.78 is 27.3. The maximum absolute atomic E-state index is 9.88. The van der Waals surface area contributed by atoms with Gasteiger partial charge in [0.25, 0.3) is 0 Å². The maximum atomic E-state index is 9.88. The molecule has 13 nitrogen and oxygen atoms in total. The van der Waals surface area contributed by atoms with Crippen molar-refractivity contribution in [3.63, 3.8) is 0 Å². The van der Waals surface area contributed by atoms with Gasteiger partial charge in [0.1, 0.15) is 24.6 Å². The molecule has 0 spiro atoms. The molecule has 4 atom stereocenters. The molecule has 0 saturated carbocycles. The zero-order valence-corrected chi connectivity index (χ0v) is 28.4. The van der Waals surface area contributed by atoms with Crippen molar-refractivity contribution in [1.29, 1.82) is 5.26 Å². The number of aryl methyl sites for hydroxylation is 1. The number of aromatic nitrogens is 6. The number of ether oxygens (including phenoxy) is 3. The first-order chi connectivity index (χ1) is 23.7. The number of thioether (sulfide) groups is 1. The Hall–Kier alpha value is -5.12. The van der Waals surface area contributed by atoms with Crippen LogP contribution in [0.3, 0.4) is 0 Å². The van der Waals surface area contributed by atoms with E-state index in [9.17, 15) is 5.26 Å². The molecule has 0 radical (unpaired) electrons. The van der Waals surface area contributed by atoms with Gasteiger partial charge in [0.05, 0.1) is 34.6 Å². The molecule has 0 N–H and O–H groups in total. The van der Waals surface area contributed by atoms with Crippen LogP contribution < -0.4 is 0 Å². The fraction of sp³-hybridized carbons (Fsp3) is 0.343. The molecule has 248 valence electrons. The van der Waals surface area contributed by atoms with Crippen molar-refractivity contribution in [2.75, 3.05) is 19.8 Å². The third-order valence-electron chi connectivity index (χ3n) is 8.01. The van der Waals surface area contributed by atoms with E-state index >= 15 is 0 Å². The standard InChI is InChI=1S/C35H33N9O4S/c1-21-25(29(48-42-21)23-9-7-6-8-10-23)17-49-18-26-30-31(47-35(2,3)46-30)34(45-26)44-16-24(12-11-22-14-37-19-38-15-22)28-32(39-20-43(4)5)40-27(13-36)41-33(28)44/h6-10,14-16,19-20,26,30-31,34H,17-18H2,1-5H3/b39-20-/t26-,30-,31-,34-/m1/s1. The van der Waals surface area contributed by atoms with Crippen LogP contribution in [0.2, 0.25) is 0 Å². The highest BCUT2D eigenvalue weighted by Gasteiger charge is 2.56. The van der Waals surface area contributed by atoms with E-state index in [1.165, 1.54) is 6.33 Å². The van der Waals surface area contributed by atoms with Gasteiger partial charge in [-0.05, 0) is 20.8 Å². The number of nitriles is 1. The zero-order valence-electron chi connectivity index (χ0n) is 27.6. The van der Waals surface area contributed by atoms with E-state index in [4.69, 9.17) is 18.7 Å². The van der Waals surface area contributed by atoms with Gasteiger partial charge in [-0.25, -0.2) is 19.9 Å². The van der Waals surface area contributed by atoms with E-state index in [1.807, 2.05) is 76.0 Å². The molecule has 2 aliphatic heterocycles. The molecule has 0 bridgehead atoms. The Bertz CT molecular complexity index is 2110. The van der Waals surface area contributed by atoms with Crippen LogP contribution in [0.1, 0.15) is 48.3 Å². The van der Waals surface area contributed by atoms with Crippen LogP contribution in [0.15, 0.2) is 64.8 Å². The van der Waals surface area contributed by atoms with Crippen LogP contribution in [0, 0.1) is 30.1 Å². The second-order valence-corrected chi connectivity index (χ2v) is 13.3. The number of rotatable bonds is 8. The molecule has 6 heterocycles.